The molecule has 1 aromatic heterocycles. The number of carbonyl (C=O) groups is 3. The van der Waals surface area contributed by atoms with Gasteiger partial charge in [-0.25, -0.2) is 4.98 Å². The number of imide groups is 1. The van der Waals surface area contributed by atoms with E-state index < -0.39 is 11.9 Å². The van der Waals surface area contributed by atoms with Crippen molar-refractivity contribution in [2.24, 2.45) is 5.92 Å². The van der Waals surface area contributed by atoms with Crippen LogP contribution in [0.5, 0.6) is 0 Å². The predicted octanol–water partition coefficient (Wildman–Crippen LogP) is 1.29. The molecule has 8 nitrogen and oxygen atoms in total. The Hall–Kier alpha value is -2.48. The molecule has 0 aromatic carbocycles. The maximum absolute atomic E-state index is 12.7. The fourth-order valence-electron chi connectivity index (χ4n) is 2.78. The van der Waals surface area contributed by atoms with Crippen molar-refractivity contribution in [3.63, 3.8) is 0 Å². The van der Waals surface area contributed by atoms with E-state index in [-0.39, 0.29) is 37.9 Å². The number of anilines is 1. The molecule has 0 unspecified atom stereocenters. The Labute approximate surface area is 165 Å². The predicted molar refractivity (Wildman–Crippen MR) is 105 cm³/mol. The number of hydrogen-bond acceptors (Lipinski definition) is 7. The first-order chi connectivity index (χ1) is 13.4. The molecule has 1 atom stereocenters. The average molecular weight is 390 g/mol. The van der Waals surface area contributed by atoms with Gasteiger partial charge in [0.1, 0.15) is 5.82 Å². The van der Waals surface area contributed by atoms with Crippen LogP contribution < -0.4 is 11.1 Å². The molecule has 1 aliphatic carbocycles. The van der Waals surface area contributed by atoms with Crippen molar-refractivity contribution in [1.29, 1.82) is 0 Å². The smallest absolute Gasteiger partial charge is 0.310 e. The summed E-state index contributed by atoms with van der Waals surface area (Å²) in [5.74, 6) is -1.13. The maximum Gasteiger partial charge on any atom is 0.310 e. The van der Waals surface area contributed by atoms with E-state index in [9.17, 15) is 14.4 Å². The summed E-state index contributed by atoms with van der Waals surface area (Å²) in [6.45, 7) is 3.78. The van der Waals surface area contributed by atoms with Crippen LogP contribution in [0.1, 0.15) is 45.2 Å². The van der Waals surface area contributed by atoms with Crippen molar-refractivity contribution in [3.8, 4) is 0 Å². The number of nitrogen functional groups attached to an aromatic ring is 1. The summed E-state index contributed by atoms with van der Waals surface area (Å²) in [6.07, 6.45) is 3.43. The number of nitrogens with zero attached hydrogens (tertiary/aromatic N) is 2. The van der Waals surface area contributed by atoms with Crippen molar-refractivity contribution in [2.45, 2.75) is 52.0 Å². The van der Waals surface area contributed by atoms with Crippen molar-refractivity contribution in [3.05, 3.63) is 23.9 Å². The summed E-state index contributed by atoms with van der Waals surface area (Å²) in [6, 6.07) is 5.74. The zero-order valence-corrected chi connectivity index (χ0v) is 16.6. The zero-order valence-electron chi connectivity index (χ0n) is 16.6. The molecule has 2 amide bonds. The van der Waals surface area contributed by atoms with Gasteiger partial charge in [0.15, 0.2) is 0 Å². The molecular weight excluding hydrogens is 360 g/mol. The van der Waals surface area contributed by atoms with Crippen LogP contribution in [0.2, 0.25) is 0 Å². The summed E-state index contributed by atoms with van der Waals surface area (Å²) >= 11 is 0. The number of carbonyl (C=O) groups excluding carboxylic acids is 3. The molecule has 0 radical (unpaired) electrons. The molecule has 0 aliphatic heterocycles. The average Bonchev–Trinajstić information content (AvgIpc) is 3.48. The van der Waals surface area contributed by atoms with Crippen molar-refractivity contribution in [1.82, 2.24) is 15.2 Å². The highest BCUT2D eigenvalue weighted by Gasteiger charge is 2.28. The third kappa shape index (κ3) is 7.26. The molecule has 1 heterocycles. The number of hydrogen-bond donors (Lipinski definition) is 2. The summed E-state index contributed by atoms with van der Waals surface area (Å²) in [4.78, 5) is 42.6. The number of esters is 1. The lowest BCUT2D eigenvalue weighted by atomic mass is 10.1. The molecular formula is C20H30N4O4. The number of rotatable bonds is 11. The van der Waals surface area contributed by atoms with E-state index in [1.165, 1.54) is 4.90 Å². The molecule has 0 spiro atoms. The Kier molecular flexibility index (Phi) is 8.38. The van der Waals surface area contributed by atoms with Crippen LogP contribution in [-0.2, 0) is 25.5 Å². The molecule has 28 heavy (non-hydrogen) atoms. The Morgan fingerprint density at radius 1 is 1.32 bits per heavy atom. The van der Waals surface area contributed by atoms with Crippen LogP contribution in [0.3, 0.4) is 0 Å². The van der Waals surface area contributed by atoms with E-state index >= 15 is 0 Å². The summed E-state index contributed by atoms with van der Waals surface area (Å²) < 4.78 is 5.00. The van der Waals surface area contributed by atoms with Gasteiger partial charge >= 0.3 is 5.97 Å². The zero-order chi connectivity index (χ0) is 20.5. The molecule has 3 N–H and O–H groups in total. The first-order valence-corrected chi connectivity index (χ1v) is 9.85. The number of aromatic nitrogens is 1. The third-order valence-corrected chi connectivity index (χ3v) is 4.52. The van der Waals surface area contributed by atoms with Crippen LogP contribution in [-0.4, -0.2) is 53.4 Å². The number of pyridine rings is 1. The SMILES string of the molecule is CCOC(=O)[C@H](C)CN(C(=O)CCCc1cccc(N)n1)C(=O)CNC1CC1. The minimum Gasteiger partial charge on any atom is -0.466 e. The molecule has 0 saturated heterocycles. The van der Waals surface area contributed by atoms with Gasteiger partial charge in [-0.2, -0.15) is 0 Å². The minimum atomic E-state index is -0.565. The van der Waals surface area contributed by atoms with E-state index in [1.807, 2.05) is 12.1 Å². The van der Waals surface area contributed by atoms with Crippen LogP contribution in [0, 0.1) is 5.92 Å². The fourth-order valence-corrected chi connectivity index (χ4v) is 2.78. The van der Waals surface area contributed by atoms with Gasteiger partial charge < -0.3 is 15.8 Å². The Bertz CT molecular complexity index is 691. The Morgan fingerprint density at radius 3 is 2.71 bits per heavy atom. The largest absolute Gasteiger partial charge is 0.466 e. The second-order valence-corrected chi connectivity index (χ2v) is 7.11. The van der Waals surface area contributed by atoms with Crippen molar-refractivity contribution >= 4 is 23.6 Å². The molecule has 154 valence electrons. The van der Waals surface area contributed by atoms with Crippen LogP contribution in [0.25, 0.3) is 0 Å². The first kappa shape index (κ1) is 21.8. The van der Waals surface area contributed by atoms with Gasteiger partial charge in [0.25, 0.3) is 0 Å². The van der Waals surface area contributed by atoms with Gasteiger partial charge in [0.05, 0.1) is 19.1 Å². The maximum atomic E-state index is 12.7. The van der Waals surface area contributed by atoms with E-state index in [4.69, 9.17) is 10.5 Å². The van der Waals surface area contributed by atoms with Crippen LogP contribution in [0.15, 0.2) is 18.2 Å². The Morgan fingerprint density at radius 2 is 2.07 bits per heavy atom. The van der Waals surface area contributed by atoms with Gasteiger partial charge in [-0.05, 0) is 44.7 Å². The highest BCUT2D eigenvalue weighted by Crippen LogP contribution is 2.18. The summed E-state index contributed by atoms with van der Waals surface area (Å²) in [5.41, 5.74) is 6.47. The lowest BCUT2D eigenvalue weighted by molar-refractivity contribution is -0.151. The van der Waals surface area contributed by atoms with Gasteiger partial charge in [-0.3, -0.25) is 19.3 Å². The number of nitrogens with one attached hydrogen (secondary N) is 1. The minimum absolute atomic E-state index is 0.0272. The second-order valence-electron chi connectivity index (χ2n) is 7.11. The molecule has 2 rings (SSSR count). The molecule has 1 aliphatic rings. The molecule has 0 bridgehead atoms. The van der Waals surface area contributed by atoms with Gasteiger partial charge in [0, 0.05) is 24.7 Å². The quantitative estimate of drug-likeness (QED) is 0.547. The monoisotopic (exact) mass is 390 g/mol. The molecule has 1 fully saturated rings. The summed E-state index contributed by atoms with van der Waals surface area (Å²) in [5, 5.41) is 3.12. The fraction of sp³-hybridized carbons (Fsp3) is 0.600. The molecule has 8 heteroatoms. The van der Waals surface area contributed by atoms with E-state index in [2.05, 4.69) is 10.3 Å². The highest BCUT2D eigenvalue weighted by molar-refractivity contribution is 5.96. The lowest BCUT2D eigenvalue weighted by Gasteiger charge is -2.24. The van der Waals surface area contributed by atoms with Crippen molar-refractivity contribution < 1.29 is 19.1 Å². The van der Waals surface area contributed by atoms with Crippen LogP contribution >= 0.6 is 0 Å². The molecule has 1 aromatic rings. The summed E-state index contributed by atoms with van der Waals surface area (Å²) in [7, 11) is 0. The van der Waals surface area contributed by atoms with E-state index in [0.717, 1.165) is 18.5 Å². The van der Waals surface area contributed by atoms with Crippen molar-refractivity contribution in [2.75, 3.05) is 25.4 Å². The van der Waals surface area contributed by atoms with Crippen LogP contribution in [0.4, 0.5) is 5.82 Å². The number of aryl methyl sites for hydroxylation is 1. The lowest BCUT2D eigenvalue weighted by Crippen LogP contribution is -2.45. The third-order valence-electron chi connectivity index (χ3n) is 4.52. The normalized spacial score (nSPS) is 14.4. The highest BCUT2D eigenvalue weighted by atomic mass is 16.5. The van der Waals surface area contributed by atoms with Gasteiger partial charge in [-0.1, -0.05) is 13.0 Å². The number of ether oxygens (including phenoxy) is 1. The standard InChI is InChI=1S/C20H30N4O4/c1-3-28-20(27)14(2)13-24(19(26)12-22-15-10-11-15)18(25)9-5-7-16-6-4-8-17(21)23-16/h4,6,8,14-15,22H,3,5,7,9-13H2,1-2H3,(H2,21,23)/t14-/m1/s1. The topological polar surface area (TPSA) is 115 Å². The number of nitrogens with two attached hydrogens (primary N) is 1. The Balaban J connectivity index is 1.92. The number of amides is 2. The van der Waals surface area contributed by atoms with Gasteiger partial charge in [0.2, 0.25) is 11.8 Å². The van der Waals surface area contributed by atoms with E-state index in [0.29, 0.717) is 24.7 Å². The van der Waals surface area contributed by atoms with E-state index in [1.54, 1.807) is 19.9 Å². The molecule has 1 saturated carbocycles. The first-order valence-electron chi connectivity index (χ1n) is 9.85. The van der Waals surface area contributed by atoms with Gasteiger partial charge in [-0.15, -0.1) is 0 Å². The second kappa shape index (κ2) is 10.8.